The maximum atomic E-state index is 14.3. The molecule has 158 valence electrons. The van der Waals surface area contributed by atoms with Crippen LogP contribution in [0.3, 0.4) is 0 Å². The second kappa shape index (κ2) is 8.01. The number of halogens is 4. The molecule has 0 aliphatic rings. The number of rotatable bonds is 6. The Balaban J connectivity index is 1.84. The number of nitrogens with one attached hydrogen (secondary N) is 2. The van der Waals surface area contributed by atoms with Gasteiger partial charge in [0.25, 0.3) is 0 Å². The van der Waals surface area contributed by atoms with E-state index in [1.807, 2.05) is 0 Å². The van der Waals surface area contributed by atoms with Crippen molar-refractivity contribution in [2.24, 2.45) is 0 Å². The van der Waals surface area contributed by atoms with Crippen molar-refractivity contribution in [1.29, 1.82) is 0 Å². The van der Waals surface area contributed by atoms with Gasteiger partial charge in [0, 0.05) is 11.6 Å². The molecule has 0 aliphatic carbocycles. The number of ketones is 1. The van der Waals surface area contributed by atoms with Gasteiger partial charge in [0.05, 0.1) is 17.6 Å². The molecule has 0 aliphatic heterocycles. The topological polar surface area (TPSA) is 92.8 Å². The highest BCUT2D eigenvalue weighted by atomic mass is 19.1. The third-order valence-electron chi connectivity index (χ3n) is 4.19. The third-order valence-corrected chi connectivity index (χ3v) is 4.19. The van der Waals surface area contributed by atoms with Crippen molar-refractivity contribution in [2.75, 3.05) is 11.9 Å². The van der Waals surface area contributed by atoms with E-state index in [1.54, 1.807) is 0 Å². The van der Waals surface area contributed by atoms with E-state index >= 15 is 0 Å². The van der Waals surface area contributed by atoms with Gasteiger partial charge in [0.1, 0.15) is 29.1 Å². The lowest BCUT2D eigenvalue weighted by atomic mass is 10.1. The van der Waals surface area contributed by atoms with Crippen molar-refractivity contribution in [3.63, 3.8) is 0 Å². The average Bonchev–Trinajstić information content (AvgIpc) is 3.14. The summed E-state index contributed by atoms with van der Waals surface area (Å²) < 4.78 is 60.4. The van der Waals surface area contributed by atoms with Gasteiger partial charge in [-0.1, -0.05) is 0 Å². The number of Topliss-reactive ketones (excluding diaryl/α,β-unsaturated/α-hetero) is 1. The minimum Gasteiger partial charge on any atom is -0.421 e. The van der Waals surface area contributed by atoms with E-state index in [4.69, 9.17) is 4.74 Å². The Labute approximate surface area is 172 Å². The highest BCUT2D eigenvalue weighted by Gasteiger charge is 2.21. The standard InChI is InChI=1S/C20H13F4N5O2/c1-9(30)8-25-18-16-17(12-6-10(21)2-4-13(12)23)28-29-19(16)27-20(26-18)31-15-5-3-11(22)7-14(15)24/h2-7H,8H2,1H3,(H2,25,26,27,28,29). The molecule has 4 rings (SSSR count). The van der Waals surface area contributed by atoms with Gasteiger partial charge in [-0.05, 0) is 37.3 Å². The van der Waals surface area contributed by atoms with Crippen LogP contribution >= 0.6 is 0 Å². The molecular formula is C20H13F4N5O2. The zero-order chi connectivity index (χ0) is 22.1. The Kier molecular flexibility index (Phi) is 5.24. The Morgan fingerprint density at radius 1 is 1.03 bits per heavy atom. The van der Waals surface area contributed by atoms with Gasteiger partial charge in [0.2, 0.25) is 0 Å². The van der Waals surface area contributed by atoms with E-state index in [0.29, 0.717) is 6.07 Å². The summed E-state index contributed by atoms with van der Waals surface area (Å²) in [4.78, 5) is 19.6. The molecule has 2 aromatic carbocycles. The van der Waals surface area contributed by atoms with Crippen molar-refractivity contribution in [1.82, 2.24) is 20.2 Å². The maximum Gasteiger partial charge on any atom is 0.326 e. The number of H-pyrrole nitrogens is 1. The zero-order valence-corrected chi connectivity index (χ0v) is 15.8. The fourth-order valence-electron chi connectivity index (χ4n) is 2.83. The van der Waals surface area contributed by atoms with Crippen LogP contribution in [-0.2, 0) is 4.79 Å². The lowest BCUT2D eigenvalue weighted by Gasteiger charge is -2.10. The number of aromatic nitrogens is 4. The molecule has 2 heterocycles. The van der Waals surface area contributed by atoms with E-state index in [9.17, 15) is 22.4 Å². The number of aromatic amines is 1. The fraction of sp³-hybridized carbons (Fsp3) is 0.100. The van der Waals surface area contributed by atoms with Gasteiger partial charge < -0.3 is 10.1 Å². The number of ether oxygens (including phenoxy) is 1. The minimum absolute atomic E-state index is 0.0165. The van der Waals surface area contributed by atoms with E-state index in [1.165, 1.54) is 6.92 Å². The van der Waals surface area contributed by atoms with Crippen LogP contribution in [0, 0.1) is 23.3 Å². The average molecular weight is 431 g/mol. The zero-order valence-electron chi connectivity index (χ0n) is 15.8. The molecule has 31 heavy (non-hydrogen) atoms. The van der Waals surface area contributed by atoms with E-state index in [0.717, 1.165) is 30.3 Å². The molecule has 0 amide bonds. The highest BCUT2D eigenvalue weighted by molar-refractivity contribution is 5.99. The van der Waals surface area contributed by atoms with E-state index in [-0.39, 0.29) is 52.2 Å². The number of hydrogen-bond acceptors (Lipinski definition) is 6. The van der Waals surface area contributed by atoms with Crippen LogP contribution in [0.15, 0.2) is 36.4 Å². The number of nitrogens with zero attached hydrogens (tertiary/aromatic N) is 3. The molecular weight excluding hydrogens is 418 g/mol. The predicted molar refractivity (Wildman–Crippen MR) is 103 cm³/mol. The van der Waals surface area contributed by atoms with Gasteiger partial charge in [-0.2, -0.15) is 15.1 Å². The van der Waals surface area contributed by atoms with Crippen LogP contribution in [0.5, 0.6) is 11.8 Å². The summed E-state index contributed by atoms with van der Waals surface area (Å²) in [6, 6.07) is 5.20. The number of fused-ring (bicyclic) bond motifs is 1. The SMILES string of the molecule is CC(=O)CNc1nc(Oc2ccc(F)cc2F)nc2n[nH]c(-c3cc(F)ccc3F)c12. The van der Waals surface area contributed by atoms with Crippen LogP contribution in [-0.4, -0.2) is 32.5 Å². The normalized spacial score (nSPS) is 11.0. The molecule has 0 bridgehead atoms. The Hall–Kier alpha value is -4.02. The molecule has 7 nitrogen and oxygen atoms in total. The summed E-state index contributed by atoms with van der Waals surface area (Å²) in [5, 5.41) is 9.46. The summed E-state index contributed by atoms with van der Waals surface area (Å²) in [6.07, 6.45) is 0. The van der Waals surface area contributed by atoms with Gasteiger partial charge in [-0.15, -0.1) is 0 Å². The summed E-state index contributed by atoms with van der Waals surface area (Å²) in [5.74, 6) is -3.73. The van der Waals surface area contributed by atoms with Crippen LogP contribution in [0.1, 0.15) is 6.92 Å². The number of anilines is 1. The second-order valence-electron chi connectivity index (χ2n) is 6.51. The quantitative estimate of drug-likeness (QED) is 0.441. The molecule has 0 unspecified atom stereocenters. The first-order valence-corrected chi connectivity index (χ1v) is 8.89. The van der Waals surface area contributed by atoms with Crippen molar-refractivity contribution >= 4 is 22.6 Å². The summed E-state index contributed by atoms with van der Waals surface area (Å²) in [6.45, 7) is 1.19. The predicted octanol–water partition coefficient (Wildman–Crippen LogP) is 4.37. The molecule has 2 aromatic heterocycles. The summed E-state index contributed by atoms with van der Waals surface area (Å²) in [7, 11) is 0. The number of hydrogen-bond donors (Lipinski definition) is 2. The van der Waals surface area contributed by atoms with Gasteiger partial charge in [0.15, 0.2) is 17.2 Å². The molecule has 2 N–H and O–H groups in total. The molecule has 0 saturated heterocycles. The van der Waals surface area contributed by atoms with Crippen molar-refractivity contribution in [3.05, 3.63) is 59.7 Å². The summed E-state index contributed by atoms with van der Waals surface area (Å²) >= 11 is 0. The molecule has 0 atom stereocenters. The van der Waals surface area contributed by atoms with Crippen molar-refractivity contribution < 1.29 is 27.1 Å². The van der Waals surface area contributed by atoms with Gasteiger partial charge in [-0.3, -0.25) is 9.89 Å². The maximum absolute atomic E-state index is 14.3. The van der Waals surface area contributed by atoms with Crippen LogP contribution in [0.2, 0.25) is 0 Å². The van der Waals surface area contributed by atoms with Crippen molar-refractivity contribution in [2.45, 2.75) is 6.92 Å². The van der Waals surface area contributed by atoms with Crippen LogP contribution < -0.4 is 10.1 Å². The number of carbonyl (C=O) groups is 1. The monoisotopic (exact) mass is 431 g/mol. The molecule has 0 saturated carbocycles. The largest absolute Gasteiger partial charge is 0.421 e. The Morgan fingerprint density at radius 2 is 1.77 bits per heavy atom. The Morgan fingerprint density at radius 3 is 2.52 bits per heavy atom. The Bertz CT molecular complexity index is 1310. The number of carbonyl (C=O) groups excluding carboxylic acids is 1. The fourth-order valence-corrected chi connectivity index (χ4v) is 2.83. The van der Waals surface area contributed by atoms with Gasteiger partial charge >= 0.3 is 6.01 Å². The first kappa shape index (κ1) is 20.3. The molecule has 4 aromatic rings. The highest BCUT2D eigenvalue weighted by Crippen LogP contribution is 2.34. The number of benzene rings is 2. The minimum atomic E-state index is -0.980. The first-order valence-electron chi connectivity index (χ1n) is 8.89. The second-order valence-corrected chi connectivity index (χ2v) is 6.51. The third kappa shape index (κ3) is 4.15. The van der Waals surface area contributed by atoms with Crippen LogP contribution in [0.4, 0.5) is 23.4 Å². The van der Waals surface area contributed by atoms with Crippen molar-refractivity contribution in [3.8, 4) is 23.0 Å². The first-order chi connectivity index (χ1) is 14.8. The molecule has 11 heteroatoms. The lowest BCUT2D eigenvalue weighted by Crippen LogP contribution is -2.12. The van der Waals surface area contributed by atoms with E-state index in [2.05, 4.69) is 25.5 Å². The van der Waals surface area contributed by atoms with E-state index < -0.39 is 23.3 Å². The molecule has 0 spiro atoms. The molecule has 0 fully saturated rings. The van der Waals surface area contributed by atoms with Gasteiger partial charge in [-0.25, -0.2) is 17.6 Å². The molecule has 0 radical (unpaired) electrons. The smallest absolute Gasteiger partial charge is 0.326 e. The lowest BCUT2D eigenvalue weighted by molar-refractivity contribution is -0.115. The summed E-state index contributed by atoms with van der Waals surface area (Å²) in [5.41, 5.74) is -0.0787. The van der Waals surface area contributed by atoms with Crippen LogP contribution in [0.25, 0.3) is 22.3 Å².